The van der Waals surface area contributed by atoms with E-state index in [0.717, 1.165) is 35.6 Å². The molecule has 0 spiro atoms. The van der Waals surface area contributed by atoms with Gasteiger partial charge in [0.2, 0.25) is 0 Å². The van der Waals surface area contributed by atoms with Gasteiger partial charge in [0.05, 0.1) is 6.04 Å². The Hall–Kier alpha value is -2.70. The molecule has 1 heterocycles. The predicted molar refractivity (Wildman–Crippen MR) is 121 cm³/mol. The number of nitrogens with two attached hydrogens (primary N) is 2. The zero-order valence-corrected chi connectivity index (χ0v) is 17.7. The van der Waals surface area contributed by atoms with E-state index in [1.807, 2.05) is 36.4 Å². The lowest BCUT2D eigenvalue weighted by molar-refractivity contribution is 0.102. The maximum atomic E-state index is 12.5. The van der Waals surface area contributed by atoms with E-state index in [2.05, 4.69) is 36.3 Å². The molecule has 1 atom stereocenters. The average Bonchev–Trinajstić information content (AvgIpc) is 3.19. The molecular weight excluding hydrogens is 380 g/mol. The van der Waals surface area contributed by atoms with Gasteiger partial charge in [0.1, 0.15) is 10.7 Å². The first kappa shape index (κ1) is 21.0. The standard InChI is InChI=1S/C23H28N4OS/c1-15(2)13-20(25)23-27-21(14-29-23)22(28)26-19-11-7-17(8-12-19)4-3-16-5-9-18(24)10-6-16/h5-12,14-15,20H,3-4,13,24-25H2,1-2H3,(H,26,28). The quantitative estimate of drug-likeness (QED) is 0.466. The second kappa shape index (κ2) is 9.67. The Labute approximate surface area is 176 Å². The predicted octanol–water partition coefficient (Wildman–Crippen LogP) is 4.81. The van der Waals surface area contributed by atoms with Crippen LogP contribution in [0.15, 0.2) is 53.9 Å². The number of anilines is 2. The molecule has 3 aromatic rings. The zero-order valence-electron chi connectivity index (χ0n) is 16.9. The van der Waals surface area contributed by atoms with Crippen LogP contribution in [-0.2, 0) is 12.8 Å². The van der Waals surface area contributed by atoms with Gasteiger partial charge in [-0.2, -0.15) is 0 Å². The van der Waals surface area contributed by atoms with Gasteiger partial charge in [-0.05, 0) is 60.6 Å². The van der Waals surface area contributed by atoms with Crippen LogP contribution in [0, 0.1) is 5.92 Å². The molecule has 1 unspecified atom stereocenters. The Kier molecular flexibility index (Phi) is 7.01. The summed E-state index contributed by atoms with van der Waals surface area (Å²) >= 11 is 1.44. The first-order valence-electron chi connectivity index (χ1n) is 9.86. The molecule has 0 saturated carbocycles. The topological polar surface area (TPSA) is 94.0 Å². The highest BCUT2D eigenvalue weighted by Gasteiger charge is 2.16. The van der Waals surface area contributed by atoms with Gasteiger partial charge >= 0.3 is 0 Å². The summed E-state index contributed by atoms with van der Waals surface area (Å²) < 4.78 is 0. The number of nitrogens with one attached hydrogen (secondary N) is 1. The molecule has 1 amide bonds. The summed E-state index contributed by atoms with van der Waals surface area (Å²) in [5.41, 5.74) is 16.3. The van der Waals surface area contributed by atoms with Crippen molar-refractivity contribution >= 4 is 28.6 Å². The lowest BCUT2D eigenvalue weighted by Gasteiger charge is -2.10. The highest BCUT2D eigenvalue weighted by molar-refractivity contribution is 7.09. The molecule has 152 valence electrons. The van der Waals surface area contributed by atoms with Gasteiger partial charge in [0, 0.05) is 16.8 Å². The number of carbonyl (C=O) groups is 1. The van der Waals surface area contributed by atoms with Gasteiger partial charge in [-0.25, -0.2) is 4.98 Å². The minimum Gasteiger partial charge on any atom is -0.399 e. The third-order valence-electron chi connectivity index (χ3n) is 4.69. The molecule has 0 bridgehead atoms. The number of rotatable bonds is 8. The Bertz CT molecular complexity index is 932. The van der Waals surface area contributed by atoms with Crippen LogP contribution in [0.2, 0.25) is 0 Å². The van der Waals surface area contributed by atoms with Crippen molar-refractivity contribution in [2.75, 3.05) is 11.1 Å². The number of aromatic nitrogens is 1. The van der Waals surface area contributed by atoms with Crippen molar-refractivity contribution in [1.82, 2.24) is 4.98 Å². The zero-order chi connectivity index (χ0) is 20.8. The molecule has 0 aliphatic heterocycles. The smallest absolute Gasteiger partial charge is 0.275 e. The van der Waals surface area contributed by atoms with Gasteiger partial charge < -0.3 is 16.8 Å². The van der Waals surface area contributed by atoms with E-state index in [1.165, 1.54) is 22.5 Å². The monoisotopic (exact) mass is 408 g/mol. The molecular formula is C23H28N4OS. The van der Waals surface area contributed by atoms with Crippen molar-refractivity contribution in [2.45, 2.75) is 39.2 Å². The third kappa shape index (κ3) is 6.14. The van der Waals surface area contributed by atoms with Gasteiger partial charge in [-0.3, -0.25) is 4.79 Å². The number of hydrogen-bond donors (Lipinski definition) is 3. The molecule has 5 N–H and O–H groups in total. The fourth-order valence-corrected chi connectivity index (χ4v) is 3.91. The van der Waals surface area contributed by atoms with E-state index in [9.17, 15) is 4.79 Å². The lowest BCUT2D eigenvalue weighted by Crippen LogP contribution is -2.15. The third-order valence-corrected chi connectivity index (χ3v) is 5.67. The molecule has 3 rings (SSSR count). The molecule has 0 aliphatic carbocycles. The van der Waals surface area contributed by atoms with Gasteiger partial charge in [-0.1, -0.05) is 38.1 Å². The van der Waals surface area contributed by atoms with E-state index in [4.69, 9.17) is 11.5 Å². The molecule has 0 radical (unpaired) electrons. The molecule has 1 aromatic heterocycles. The second-order valence-electron chi connectivity index (χ2n) is 7.70. The van der Waals surface area contributed by atoms with Crippen LogP contribution in [0.5, 0.6) is 0 Å². The normalized spacial score (nSPS) is 12.1. The number of hydrogen-bond acceptors (Lipinski definition) is 5. The number of benzene rings is 2. The summed E-state index contributed by atoms with van der Waals surface area (Å²) in [5, 5.41) is 5.49. The van der Waals surface area contributed by atoms with Crippen molar-refractivity contribution in [3.05, 3.63) is 75.7 Å². The van der Waals surface area contributed by atoms with Gasteiger partial charge in [-0.15, -0.1) is 11.3 Å². The minimum absolute atomic E-state index is 0.123. The number of amides is 1. The fraction of sp³-hybridized carbons (Fsp3) is 0.304. The van der Waals surface area contributed by atoms with Crippen LogP contribution in [0.4, 0.5) is 11.4 Å². The summed E-state index contributed by atoms with van der Waals surface area (Å²) in [6.07, 6.45) is 2.73. The number of carbonyl (C=O) groups excluding carboxylic acids is 1. The van der Waals surface area contributed by atoms with Gasteiger partial charge in [0.25, 0.3) is 5.91 Å². The van der Waals surface area contributed by atoms with Crippen molar-refractivity contribution < 1.29 is 4.79 Å². The maximum absolute atomic E-state index is 12.5. The van der Waals surface area contributed by atoms with Crippen LogP contribution in [0.1, 0.15) is 52.9 Å². The van der Waals surface area contributed by atoms with E-state index in [1.54, 1.807) is 5.38 Å². The Morgan fingerprint density at radius 3 is 2.21 bits per heavy atom. The second-order valence-corrected chi connectivity index (χ2v) is 8.59. The van der Waals surface area contributed by atoms with E-state index >= 15 is 0 Å². The lowest BCUT2D eigenvalue weighted by atomic mass is 10.0. The molecule has 5 nitrogen and oxygen atoms in total. The van der Waals surface area contributed by atoms with Crippen molar-refractivity contribution in [1.29, 1.82) is 0 Å². The number of thiazole rings is 1. The fourth-order valence-electron chi connectivity index (χ4n) is 3.09. The molecule has 0 aliphatic rings. The van der Waals surface area contributed by atoms with Crippen molar-refractivity contribution in [3.63, 3.8) is 0 Å². The van der Waals surface area contributed by atoms with Crippen LogP contribution in [0.3, 0.4) is 0 Å². The highest BCUT2D eigenvalue weighted by Crippen LogP contribution is 2.23. The molecule has 0 saturated heterocycles. The maximum Gasteiger partial charge on any atom is 0.275 e. The Morgan fingerprint density at radius 2 is 1.62 bits per heavy atom. The van der Waals surface area contributed by atoms with Crippen LogP contribution < -0.4 is 16.8 Å². The number of nitrogens with zero attached hydrogens (tertiary/aromatic N) is 1. The van der Waals surface area contributed by atoms with Crippen LogP contribution >= 0.6 is 11.3 Å². The average molecular weight is 409 g/mol. The van der Waals surface area contributed by atoms with E-state index in [0.29, 0.717) is 11.6 Å². The first-order chi connectivity index (χ1) is 13.9. The SMILES string of the molecule is CC(C)CC(N)c1nc(C(=O)Nc2ccc(CCc3ccc(N)cc3)cc2)cs1. The van der Waals surface area contributed by atoms with E-state index < -0.39 is 0 Å². The van der Waals surface area contributed by atoms with E-state index in [-0.39, 0.29) is 11.9 Å². The molecule has 29 heavy (non-hydrogen) atoms. The number of aryl methyl sites for hydroxylation is 2. The van der Waals surface area contributed by atoms with Crippen molar-refractivity contribution in [3.8, 4) is 0 Å². The summed E-state index contributed by atoms with van der Waals surface area (Å²) in [4.78, 5) is 16.9. The van der Waals surface area contributed by atoms with Crippen molar-refractivity contribution in [2.24, 2.45) is 11.7 Å². The number of nitrogen functional groups attached to an aromatic ring is 1. The Balaban J connectivity index is 1.54. The first-order valence-corrected chi connectivity index (χ1v) is 10.7. The summed E-state index contributed by atoms with van der Waals surface area (Å²) in [6, 6.07) is 15.8. The highest BCUT2D eigenvalue weighted by atomic mass is 32.1. The molecule has 6 heteroatoms. The largest absolute Gasteiger partial charge is 0.399 e. The summed E-state index contributed by atoms with van der Waals surface area (Å²) in [5.74, 6) is 0.281. The van der Waals surface area contributed by atoms with Crippen LogP contribution in [-0.4, -0.2) is 10.9 Å². The van der Waals surface area contributed by atoms with Crippen LogP contribution in [0.25, 0.3) is 0 Å². The Morgan fingerprint density at radius 1 is 1.03 bits per heavy atom. The summed E-state index contributed by atoms with van der Waals surface area (Å²) in [7, 11) is 0. The summed E-state index contributed by atoms with van der Waals surface area (Å²) in [6.45, 7) is 4.25. The molecule has 0 fully saturated rings. The van der Waals surface area contributed by atoms with Gasteiger partial charge in [0.15, 0.2) is 0 Å². The minimum atomic E-state index is -0.209. The molecule has 2 aromatic carbocycles.